The first-order valence-electron chi connectivity index (χ1n) is 8.90. The van der Waals surface area contributed by atoms with Crippen molar-refractivity contribution in [3.63, 3.8) is 0 Å². The van der Waals surface area contributed by atoms with Gasteiger partial charge in [0.2, 0.25) is 5.91 Å². The number of nitrogens with two attached hydrogens (primary N) is 1. The molecule has 2 aromatic rings. The highest BCUT2D eigenvalue weighted by molar-refractivity contribution is 5.93. The minimum Gasteiger partial charge on any atom is -0.490 e. The van der Waals surface area contributed by atoms with Crippen LogP contribution in [-0.2, 0) is 6.54 Å². The van der Waals surface area contributed by atoms with Crippen molar-refractivity contribution >= 4 is 5.91 Å². The molecule has 1 unspecified atom stereocenters. The van der Waals surface area contributed by atoms with Gasteiger partial charge in [-0.15, -0.1) is 0 Å². The number of hydrogen-bond acceptors (Lipinski definition) is 4. The van der Waals surface area contributed by atoms with E-state index in [-0.39, 0.29) is 6.10 Å². The molecule has 4 rings (SSSR count). The van der Waals surface area contributed by atoms with E-state index < -0.39 is 5.91 Å². The van der Waals surface area contributed by atoms with Crippen LogP contribution in [0.2, 0.25) is 0 Å². The summed E-state index contributed by atoms with van der Waals surface area (Å²) in [5.74, 6) is 0.318. The molecular weight excluding hydrogens is 314 g/mol. The lowest BCUT2D eigenvalue weighted by molar-refractivity contribution is 0.0444. The second kappa shape index (κ2) is 6.84. The Hall–Kier alpha value is -2.40. The zero-order chi connectivity index (χ0) is 17.2. The average Bonchev–Trinajstić information content (AvgIpc) is 2.85. The third-order valence-electron chi connectivity index (χ3n) is 5.35. The number of aromatic nitrogens is 1. The highest BCUT2D eigenvalue weighted by Crippen LogP contribution is 2.38. The van der Waals surface area contributed by atoms with Crippen LogP contribution in [0.25, 0.3) is 0 Å². The van der Waals surface area contributed by atoms with Crippen molar-refractivity contribution in [2.24, 2.45) is 5.73 Å². The number of pyridine rings is 1. The lowest BCUT2D eigenvalue weighted by atomic mass is 9.99. The molecule has 1 amide bonds. The van der Waals surface area contributed by atoms with E-state index in [9.17, 15) is 4.79 Å². The van der Waals surface area contributed by atoms with Crippen LogP contribution < -0.4 is 10.5 Å². The molecule has 3 heterocycles. The lowest BCUT2D eigenvalue weighted by Crippen LogP contribution is -2.45. The molecular formula is C20H23N3O2. The predicted octanol–water partition coefficient (Wildman–Crippen LogP) is 2.75. The predicted molar refractivity (Wildman–Crippen MR) is 95.2 cm³/mol. The number of primary amides is 1. The topological polar surface area (TPSA) is 68.5 Å². The number of amides is 1. The fraction of sp³-hybridized carbons (Fsp3) is 0.400. The van der Waals surface area contributed by atoms with E-state index in [1.54, 1.807) is 12.1 Å². The number of ether oxygens (including phenoxy) is 1. The molecule has 25 heavy (non-hydrogen) atoms. The van der Waals surface area contributed by atoms with Gasteiger partial charge in [-0.1, -0.05) is 12.1 Å². The first kappa shape index (κ1) is 16.1. The molecule has 2 fully saturated rings. The molecule has 1 aromatic heterocycles. The molecule has 0 saturated carbocycles. The second-order valence-corrected chi connectivity index (χ2v) is 7.02. The third kappa shape index (κ3) is 3.51. The Morgan fingerprint density at radius 1 is 1.20 bits per heavy atom. The van der Waals surface area contributed by atoms with Gasteiger partial charge in [-0.3, -0.25) is 14.7 Å². The van der Waals surface area contributed by atoms with Crippen LogP contribution in [0, 0.1) is 0 Å². The summed E-state index contributed by atoms with van der Waals surface area (Å²) < 4.78 is 6.18. The molecule has 1 aromatic carbocycles. The van der Waals surface area contributed by atoms with Gasteiger partial charge in [-0.05, 0) is 55.5 Å². The third-order valence-corrected chi connectivity index (χ3v) is 5.35. The van der Waals surface area contributed by atoms with Crippen LogP contribution in [0.4, 0.5) is 0 Å². The number of carbonyl (C=O) groups excluding carboxylic acids is 1. The molecule has 0 spiro atoms. The number of hydrogen-bond donors (Lipinski definition) is 1. The van der Waals surface area contributed by atoms with Crippen LogP contribution in [-0.4, -0.2) is 34.0 Å². The van der Waals surface area contributed by atoms with Crippen LogP contribution in [0.5, 0.6) is 5.75 Å². The van der Waals surface area contributed by atoms with Gasteiger partial charge in [0, 0.05) is 36.6 Å². The van der Waals surface area contributed by atoms with Crippen LogP contribution >= 0.6 is 0 Å². The van der Waals surface area contributed by atoms with E-state index in [1.165, 1.54) is 18.4 Å². The van der Waals surface area contributed by atoms with Crippen LogP contribution in [0.15, 0.2) is 48.8 Å². The number of fused-ring (bicyclic) bond motifs is 2. The molecule has 0 aliphatic carbocycles. The lowest BCUT2D eigenvalue weighted by Gasteiger charge is -2.38. The summed E-state index contributed by atoms with van der Waals surface area (Å²) in [4.78, 5) is 18.2. The van der Waals surface area contributed by atoms with Gasteiger partial charge in [0.05, 0.1) is 0 Å². The monoisotopic (exact) mass is 337 g/mol. The van der Waals surface area contributed by atoms with Gasteiger partial charge >= 0.3 is 0 Å². The Labute approximate surface area is 147 Å². The standard InChI is InChI=1S/C20H23N3O2/c21-20(24)15-4-1-5-18(9-15)25-19-10-16-6-7-17(11-19)23(16)13-14-3-2-8-22-12-14/h1-5,8-9,12,16-17,19H,6-7,10-11,13H2,(H2,21,24)/t16-,17+,19?. The van der Waals surface area contributed by atoms with Gasteiger partial charge in [-0.2, -0.15) is 0 Å². The zero-order valence-electron chi connectivity index (χ0n) is 14.2. The summed E-state index contributed by atoms with van der Waals surface area (Å²) in [7, 11) is 0. The van der Waals surface area contributed by atoms with Crippen molar-refractivity contribution in [2.75, 3.05) is 0 Å². The summed E-state index contributed by atoms with van der Waals surface area (Å²) in [5.41, 5.74) is 7.12. The van der Waals surface area contributed by atoms with Crippen molar-refractivity contribution in [1.82, 2.24) is 9.88 Å². The van der Waals surface area contributed by atoms with Crippen molar-refractivity contribution < 1.29 is 9.53 Å². The molecule has 2 N–H and O–H groups in total. The van der Waals surface area contributed by atoms with Crippen LogP contribution in [0.1, 0.15) is 41.6 Å². The normalized spacial score (nSPS) is 25.7. The SMILES string of the molecule is NC(=O)c1cccc(OC2C[C@H]3CC[C@@H](C2)N3Cc2cccnc2)c1. The highest BCUT2D eigenvalue weighted by Gasteiger charge is 2.41. The van der Waals surface area contributed by atoms with Gasteiger partial charge in [0.25, 0.3) is 0 Å². The van der Waals surface area contributed by atoms with Crippen molar-refractivity contribution in [3.05, 3.63) is 59.9 Å². The number of nitrogens with zero attached hydrogens (tertiary/aromatic N) is 2. The minimum absolute atomic E-state index is 0.200. The Morgan fingerprint density at radius 2 is 2.00 bits per heavy atom. The first-order chi connectivity index (χ1) is 12.2. The summed E-state index contributed by atoms with van der Waals surface area (Å²) in [6, 6.07) is 12.4. The van der Waals surface area contributed by atoms with E-state index in [4.69, 9.17) is 10.5 Å². The van der Waals surface area contributed by atoms with Crippen molar-refractivity contribution in [3.8, 4) is 5.75 Å². The van der Waals surface area contributed by atoms with E-state index in [0.717, 1.165) is 25.1 Å². The Kier molecular flexibility index (Phi) is 4.40. The van der Waals surface area contributed by atoms with E-state index >= 15 is 0 Å². The fourth-order valence-corrected chi connectivity index (χ4v) is 4.20. The van der Waals surface area contributed by atoms with Crippen LogP contribution in [0.3, 0.4) is 0 Å². The average molecular weight is 337 g/mol. The van der Waals surface area contributed by atoms with Crippen molar-refractivity contribution in [1.29, 1.82) is 0 Å². The molecule has 2 aliphatic heterocycles. The fourth-order valence-electron chi connectivity index (χ4n) is 4.20. The second-order valence-electron chi connectivity index (χ2n) is 7.02. The van der Waals surface area contributed by atoms with Gasteiger partial charge in [-0.25, -0.2) is 0 Å². The number of benzene rings is 1. The summed E-state index contributed by atoms with van der Waals surface area (Å²) in [5, 5.41) is 0. The summed E-state index contributed by atoms with van der Waals surface area (Å²) in [6.07, 6.45) is 8.48. The molecule has 3 atom stereocenters. The molecule has 5 heteroatoms. The van der Waals surface area contributed by atoms with E-state index in [0.29, 0.717) is 17.6 Å². The summed E-state index contributed by atoms with van der Waals surface area (Å²) >= 11 is 0. The van der Waals surface area contributed by atoms with Crippen molar-refractivity contribution in [2.45, 2.75) is 50.4 Å². The van der Waals surface area contributed by atoms with Gasteiger partial charge < -0.3 is 10.5 Å². The molecule has 0 radical (unpaired) electrons. The first-order valence-corrected chi connectivity index (χ1v) is 8.90. The Morgan fingerprint density at radius 3 is 2.68 bits per heavy atom. The molecule has 2 saturated heterocycles. The highest BCUT2D eigenvalue weighted by atomic mass is 16.5. The molecule has 2 bridgehead atoms. The maximum atomic E-state index is 11.3. The largest absolute Gasteiger partial charge is 0.490 e. The quantitative estimate of drug-likeness (QED) is 0.911. The molecule has 2 aliphatic rings. The number of carbonyl (C=O) groups is 1. The number of piperidine rings is 1. The van der Waals surface area contributed by atoms with E-state index in [2.05, 4.69) is 16.0 Å². The molecule has 130 valence electrons. The van der Waals surface area contributed by atoms with Gasteiger partial charge in [0.15, 0.2) is 0 Å². The van der Waals surface area contributed by atoms with Gasteiger partial charge in [0.1, 0.15) is 11.9 Å². The Bertz CT molecular complexity index is 736. The summed E-state index contributed by atoms with van der Waals surface area (Å²) in [6.45, 7) is 0.965. The smallest absolute Gasteiger partial charge is 0.248 e. The Balaban J connectivity index is 1.41. The number of rotatable bonds is 5. The maximum Gasteiger partial charge on any atom is 0.248 e. The molecule has 5 nitrogen and oxygen atoms in total. The van der Waals surface area contributed by atoms with E-state index in [1.807, 2.05) is 30.6 Å². The zero-order valence-corrected chi connectivity index (χ0v) is 14.2. The minimum atomic E-state index is -0.420. The maximum absolute atomic E-state index is 11.3.